The van der Waals surface area contributed by atoms with E-state index in [0.717, 1.165) is 12.5 Å². The summed E-state index contributed by atoms with van der Waals surface area (Å²) in [5.41, 5.74) is 0.738. The maximum Gasteiger partial charge on any atom is 0.249 e. The molecule has 9 heavy (non-hydrogen) atoms. The van der Waals surface area contributed by atoms with Crippen LogP contribution in [0.25, 0.3) is 0 Å². The highest BCUT2D eigenvalue weighted by Gasteiger charge is 2.20. The van der Waals surface area contributed by atoms with Crippen molar-refractivity contribution in [1.82, 2.24) is 0 Å². The third-order valence-corrected chi connectivity index (χ3v) is 1.08. The Hall–Kier alpha value is -0.400. The minimum absolute atomic E-state index is 0.122. The minimum Gasteiger partial charge on any atom is -0.207 e. The van der Waals surface area contributed by atoms with Gasteiger partial charge in [-0.1, -0.05) is 11.6 Å². The highest BCUT2D eigenvalue weighted by molar-refractivity contribution is 4.98. The molecule has 0 aromatic rings. The second-order valence-corrected chi connectivity index (χ2v) is 2.38. The maximum atomic E-state index is 12.1. The van der Waals surface area contributed by atoms with Gasteiger partial charge in [0.1, 0.15) is 0 Å². The molecule has 0 aliphatic rings. The fourth-order valence-corrected chi connectivity index (χ4v) is 0.592. The zero-order valence-corrected chi connectivity index (χ0v) is 6.04. The first-order chi connectivity index (χ1) is 3.95. The van der Waals surface area contributed by atoms with Gasteiger partial charge in [0, 0.05) is 6.42 Å². The van der Waals surface area contributed by atoms with Gasteiger partial charge in [-0.2, -0.15) is 0 Å². The zero-order valence-electron chi connectivity index (χ0n) is 6.04. The monoisotopic (exact) mass is 134 g/mol. The third kappa shape index (κ3) is 5.47. The highest BCUT2D eigenvalue weighted by atomic mass is 19.3. The van der Waals surface area contributed by atoms with Crippen LogP contribution in [0.2, 0.25) is 0 Å². The number of hydrogen-bond acceptors (Lipinski definition) is 0. The zero-order chi connectivity index (χ0) is 7.49. The van der Waals surface area contributed by atoms with Crippen molar-refractivity contribution in [3.8, 4) is 0 Å². The number of rotatable bonds is 2. The Labute approximate surface area is 54.6 Å². The van der Waals surface area contributed by atoms with Crippen LogP contribution in [0.3, 0.4) is 0 Å². The molecule has 0 aromatic heterocycles. The molecule has 0 aliphatic heterocycles. The third-order valence-electron chi connectivity index (χ3n) is 1.08. The second kappa shape index (κ2) is 2.95. The summed E-state index contributed by atoms with van der Waals surface area (Å²) in [6, 6.07) is 0. The fraction of sp³-hybridized carbons (Fsp3) is 0.714. The van der Waals surface area contributed by atoms with Crippen LogP contribution < -0.4 is 0 Å². The second-order valence-electron chi connectivity index (χ2n) is 2.38. The summed E-state index contributed by atoms with van der Waals surface area (Å²) in [5.74, 6) is -2.55. The van der Waals surface area contributed by atoms with Crippen molar-refractivity contribution in [2.24, 2.45) is 0 Å². The molecule has 0 N–H and O–H groups in total. The molecule has 0 aromatic carbocycles. The smallest absolute Gasteiger partial charge is 0.207 e. The van der Waals surface area contributed by atoms with E-state index in [4.69, 9.17) is 0 Å². The highest BCUT2D eigenvalue weighted by Crippen LogP contribution is 2.21. The number of hydrogen-bond donors (Lipinski definition) is 0. The van der Waals surface area contributed by atoms with Gasteiger partial charge in [0.2, 0.25) is 5.92 Å². The predicted octanol–water partition coefficient (Wildman–Crippen LogP) is 3.00. The van der Waals surface area contributed by atoms with Gasteiger partial charge in [-0.3, -0.25) is 0 Å². The average molecular weight is 134 g/mol. The molecular weight excluding hydrogens is 122 g/mol. The van der Waals surface area contributed by atoms with Crippen LogP contribution in [0.4, 0.5) is 8.78 Å². The van der Waals surface area contributed by atoms with Gasteiger partial charge in [0.25, 0.3) is 0 Å². The maximum absolute atomic E-state index is 12.1. The molecule has 0 fully saturated rings. The van der Waals surface area contributed by atoms with Crippen molar-refractivity contribution in [2.75, 3.05) is 0 Å². The predicted molar refractivity (Wildman–Crippen MR) is 34.7 cm³/mol. The van der Waals surface area contributed by atoms with E-state index in [-0.39, 0.29) is 6.42 Å². The fourth-order valence-electron chi connectivity index (χ4n) is 0.592. The summed E-state index contributed by atoms with van der Waals surface area (Å²) in [6.07, 6.45) is 1.58. The van der Waals surface area contributed by atoms with E-state index in [9.17, 15) is 8.78 Å². The van der Waals surface area contributed by atoms with E-state index in [1.807, 2.05) is 0 Å². The van der Waals surface area contributed by atoms with E-state index < -0.39 is 5.92 Å². The van der Waals surface area contributed by atoms with Gasteiger partial charge in [0.15, 0.2) is 0 Å². The molecule has 0 radical (unpaired) electrons. The quantitative estimate of drug-likeness (QED) is 0.509. The van der Waals surface area contributed by atoms with E-state index in [1.165, 1.54) is 0 Å². The SMILES string of the molecule is CC=C(C)CC(C)(F)F. The Balaban J connectivity index is 3.75. The van der Waals surface area contributed by atoms with Crippen LogP contribution in [0, 0.1) is 0 Å². The van der Waals surface area contributed by atoms with Crippen molar-refractivity contribution in [1.29, 1.82) is 0 Å². The number of alkyl halides is 2. The van der Waals surface area contributed by atoms with E-state index in [1.54, 1.807) is 19.9 Å². The molecule has 0 unspecified atom stereocenters. The van der Waals surface area contributed by atoms with Crippen LogP contribution in [-0.2, 0) is 0 Å². The van der Waals surface area contributed by atoms with Gasteiger partial charge >= 0.3 is 0 Å². The van der Waals surface area contributed by atoms with E-state index in [2.05, 4.69) is 0 Å². The topological polar surface area (TPSA) is 0 Å². The first-order valence-electron chi connectivity index (χ1n) is 2.95. The standard InChI is InChI=1S/C7H12F2/c1-4-6(2)5-7(3,8)9/h4H,5H2,1-3H3. The molecule has 0 spiro atoms. The lowest BCUT2D eigenvalue weighted by Gasteiger charge is -2.08. The molecule has 0 rings (SSSR count). The normalized spacial score (nSPS) is 14.1. The Bertz CT molecular complexity index is 109. The minimum atomic E-state index is -2.55. The largest absolute Gasteiger partial charge is 0.249 e. The molecule has 0 bridgehead atoms. The number of allylic oxidation sites excluding steroid dienone is 2. The lowest BCUT2D eigenvalue weighted by Crippen LogP contribution is -2.09. The summed E-state index contributed by atoms with van der Waals surface area (Å²) in [7, 11) is 0. The van der Waals surface area contributed by atoms with Crippen LogP contribution in [0.1, 0.15) is 27.2 Å². The molecule has 0 heterocycles. The molecule has 0 nitrogen and oxygen atoms in total. The van der Waals surface area contributed by atoms with Crippen LogP contribution in [0.15, 0.2) is 11.6 Å². The first kappa shape index (κ1) is 8.60. The molecule has 2 heteroatoms. The van der Waals surface area contributed by atoms with Gasteiger partial charge in [-0.15, -0.1) is 0 Å². The van der Waals surface area contributed by atoms with Crippen molar-refractivity contribution in [3.05, 3.63) is 11.6 Å². The molecule has 0 saturated carbocycles. The molecule has 0 atom stereocenters. The van der Waals surface area contributed by atoms with Crippen molar-refractivity contribution < 1.29 is 8.78 Å². The molecule has 0 aliphatic carbocycles. The van der Waals surface area contributed by atoms with Crippen molar-refractivity contribution >= 4 is 0 Å². The summed E-state index contributed by atoms with van der Waals surface area (Å²) >= 11 is 0. The van der Waals surface area contributed by atoms with Crippen LogP contribution in [0.5, 0.6) is 0 Å². The number of halogens is 2. The summed E-state index contributed by atoms with van der Waals surface area (Å²) in [4.78, 5) is 0. The molecule has 54 valence electrons. The Morgan fingerprint density at radius 3 is 2.11 bits per heavy atom. The van der Waals surface area contributed by atoms with Crippen molar-refractivity contribution in [2.45, 2.75) is 33.1 Å². The molecule has 0 amide bonds. The van der Waals surface area contributed by atoms with Crippen LogP contribution in [-0.4, -0.2) is 5.92 Å². The Morgan fingerprint density at radius 1 is 1.56 bits per heavy atom. The van der Waals surface area contributed by atoms with Gasteiger partial charge < -0.3 is 0 Å². The Kier molecular flexibility index (Phi) is 2.82. The lowest BCUT2D eigenvalue weighted by atomic mass is 10.1. The van der Waals surface area contributed by atoms with E-state index in [0.29, 0.717) is 0 Å². The first-order valence-corrected chi connectivity index (χ1v) is 2.95. The van der Waals surface area contributed by atoms with Crippen LogP contribution >= 0.6 is 0 Å². The summed E-state index contributed by atoms with van der Waals surface area (Å²) < 4.78 is 24.2. The molecule has 0 saturated heterocycles. The van der Waals surface area contributed by atoms with Gasteiger partial charge in [-0.25, -0.2) is 8.78 Å². The average Bonchev–Trinajstić information content (AvgIpc) is 1.62. The lowest BCUT2D eigenvalue weighted by molar-refractivity contribution is 0.0227. The van der Waals surface area contributed by atoms with Gasteiger partial charge in [0.05, 0.1) is 0 Å². The molecular formula is C7H12F2. The summed E-state index contributed by atoms with van der Waals surface area (Å²) in [6.45, 7) is 4.40. The summed E-state index contributed by atoms with van der Waals surface area (Å²) in [5, 5.41) is 0. The van der Waals surface area contributed by atoms with E-state index >= 15 is 0 Å². The van der Waals surface area contributed by atoms with Crippen molar-refractivity contribution in [3.63, 3.8) is 0 Å². The van der Waals surface area contributed by atoms with Gasteiger partial charge in [-0.05, 0) is 20.8 Å². The Morgan fingerprint density at radius 2 is 2.00 bits per heavy atom.